The van der Waals surface area contributed by atoms with E-state index >= 15 is 0 Å². The fourth-order valence-corrected chi connectivity index (χ4v) is 3.24. The number of para-hydroxylation sites is 2. The van der Waals surface area contributed by atoms with Crippen molar-refractivity contribution in [2.45, 2.75) is 38.5 Å². The largest absolute Gasteiger partial charge is 0.504 e. The van der Waals surface area contributed by atoms with Gasteiger partial charge in [-0.05, 0) is 37.1 Å². The van der Waals surface area contributed by atoms with Gasteiger partial charge >= 0.3 is 0 Å². The molecule has 0 spiro atoms. The Morgan fingerprint density at radius 3 is 1.50 bits per heavy atom. The number of aromatic hydroxyl groups is 2. The van der Waals surface area contributed by atoms with Crippen LogP contribution in [0.3, 0.4) is 0 Å². The molecule has 2 N–H and O–H groups in total. The number of aliphatic imine (C=N–C) groups is 2. The number of phenols is 2. The normalized spacial score (nSPS) is 16.5. The maximum Gasteiger partial charge on any atom is 0.166 e. The molecule has 0 saturated heterocycles. The van der Waals surface area contributed by atoms with Crippen LogP contribution in [0.1, 0.15) is 49.7 Å². The van der Waals surface area contributed by atoms with Gasteiger partial charge in [-0.3, -0.25) is 9.98 Å². The molecule has 0 radical (unpaired) electrons. The minimum absolute atomic E-state index is 0.119. The van der Waals surface area contributed by atoms with Crippen molar-refractivity contribution in [2.75, 3.05) is 26.3 Å². The summed E-state index contributed by atoms with van der Waals surface area (Å²) in [7, 11) is 0. The van der Waals surface area contributed by atoms with E-state index in [1.165, 1.54) is 0 Å². The Kier molecular flexibility index (Phi) is 8.57. The van der Waals surface area contributed by atoms with Gasteiger partial charge in [-0.2, -0.15) is 0 Å². The zero-order chi connectivity index (χ0) is 21.0. The van der Waals surface area contributed by atoms with Crippen LogP contribution in [0.15, 0.2) is 46.4 Å². The number of rotatable bonds is 0. The van der Waals surface area contributed by atoms with Crippen LogP contribution in [-0.2, 0) is 0 Å². The first kappa shape index (κ1) is 21.7. The first-order valence-electron chi connectivity index (χ1n) is 10.6. The van der Waals surface area contributed by atoms with Crippen molar-refractivity contribution in [3.8, 4) is 23.0 Å². The molecule has 0 aromatic heterocycles. The molecule has 0 fully saturated rings. The molecule has 6 heteroatoms. The van der Waals surface area contributed by atoms with Crippen molar-refractivity contribution in [1.29, 1.82) is 0 Å². The third-order valence-corrected chi connectivity index (χ3v) is 4.93. The van der Waals surface area contributed by atoms with E-state index in [2.05, 4.69) is 9.98 Å². The molecule has 2 aromatic rings. The Morgan fingerprint density at radius 2 is 1.03 bits per heavy atom. The summed E-state index contributed by atoms with van der Waals surface area (Å²) in [5.41, 5.74) is 1.25. The maximum absolute atomic E-state index is 10.4. The van der Waals surface area contributed by atoms with Crippen LogP contribution in [0.2, 0.25) is 0 Å². The third-order valence-electron chi connectivity index (χ3n) is 4.93. The average molecular weight is 411 g/mol. The Labute approximate surface area is 177 Å². The molecule has 0 amide bonds. The van der Waals surface area contributed by atoms with Crippen LogP contribution >= 0.6 is 0 Å². The summed E-state index contributed by atoms with van der Waals surface area (Å²) in [4.78, 5) is 8.66. The molecule has 30 heavy (non-hydrogen) atoms. The molecule has 0 aliphatic carbocycles. The molecule has 160 valence electrons. The van der Waals surface area contributed by atoms with Crippen molar-refractivity contribution in [2.24, 2.45) is 9.98 Å². The molecule has 3 rings (SSSR count). The summed E-state index contributed by atoms with van der Waals surface area (Å²) in [5, 5.41) is 20.8. The molecule has 1 heterocycles. The van der Waals surface area contributed by atoms with E-state index in [4.69, 9.17) is 9.47 Å². The second-order valence-electron chi connectivity index (χ2n) is 7.28. The van der Waals surface area contributed by atoms with Gasteiger partial charge < -0.3 is 19.7 Å². The SMILES string of the molecule is Oc1c2cccc1OCCCCCCCCOc1cccc(c1O)C=NCCN=C2. The predicted octanol–water partition coefficient (Wildman–Crippen LogP) is 4.75. The van der Waals surface area contributed by atoms with E-state index in [-0.39, 0.29) is 11.5 Å². The first-order chi connectivity index (χ1) is 14.8. The Morgan fingerprint density at radius 1 is 0.600 bits per heavy atom. The molecular weight excluding hydrogens is 380 g/mol. The van der Waals surface area contributed by atoms with Crippen LogP contribution < -0.4 is 9.47 Å². The van der Waals surface area contributed by atoms with Crippen LogP contribution in [0.25, 0.3) is 0 Å². The van der Waals surface area contributed by atoms with Gasteiger partial charge in [-0.25, -0.2) is 0 Å². The summed E-state index contributed by atoms with van der Waals surface area (Å²) in [6.45, 7) is 2.11. The number of hydrogen-bond acceptors (Lipinski definition) is 6. The Balaban J connectivity index is 1.68. The van der Waals surface area contributed by atoms with Gasteiger partial charge in [0.25, 0.3) is 0 Å². The number of hydrogen-bond donors (Lipinski definition) is 2. The number of phenolic OH excluding ortho intramolecular Hbond substituents is 2. The second-order valence-corrected chi connectivity index (χ2v) is 7.28. The van der Waals surface area contributed by atoms with Crippen molar-refractivity contribution in [1.82, 2.24) is 0 Å². The van der Waals surface area contributed by atoms with Crippen LogP contribution in [0.5, 0.6) is 23.0 Å². The van der Waals surface area contributed by atoms with Gasteiger partial charge in [0.1, 0.15) is 0 Å². The standard InChI is InChI=1S/C24H30N2O4/c27-23-19-9-7-11-21(23)29-15-5-3-1-2-4-6-16-30-22-12-8-10-20(24(22)28)18-26-14-13-25-17-19/h7-12,17-18,27-28H,1-6,13-16H2. The highest BCUT2D eigenvalue weighted by Gasteiger charge is 2.08. The van der Waals surface area contributed by atoms with Crippen molar-refractivity contribution >= 4 is 12.4 Å². The van der Waals surface area contributed by atoms with Gasteiger partial charge in [-0.15, -0.1) is 0 Å². The van der Waals surface area contributed by atoms with E-state index < -0.39 is 0 Å². The maximum atomic E-state index is 10.4. The van der Waals surface area contributed by atoms with Gasteiger partial charge in [0.2, 0.25) is 0 Å². The van der Waals surface area contributed by atoms with E-state index in [1.54, 1.807) is 36.7 Å². The lowest BCUT2D eigenvalue weighted by Gasteiger charge is -2.10. The Hall–Kier alpha value is -3.02. The van der Waals surface area contributed by atoms with Crippen LogP contribution in [0.4, 0.5) is 0 Å². The predicted molar refractivity (Wildman–Crippen MR) is 120 cm³/mol. The lowest BCUT2D eigenvalue weighted by atomic mass is 10.1. The highest BCUT2D eigenvalue weighted by atomic mass is 16.5. The highest BCUT2D eigenvalue weighted by Crippen LogP contribution is 2.30. The number of ether oxygens (including phenoxy) is 2. The molecule has 1 aliphatic rings. The van der Waals surface area contributed by atoms with Gasteiger partial charge in [0, 0.05) is 23.6 Å². The van der Waals surface area contributed by atoms with E-state index in [0.717, 1.165) is 38.5 Å². The minimum atomic E-state index is 0.119. The van der Waals surface area contributed by atoms with Gasteiger partial charge in [-0.1, -0.05) is 37.8 Å². The Bertz CT molecular complexity index is 793. The number of benzene rings is 2. The van der Waals surface area contributed by atoms with Crippen LogP contribution in [-0.4, -0.2) is 48.9 Å². The van der Waals surface area contributed by atoms with Crippen molar-refractivity contribution in [3.05, 3.63) is 47.5 Å². The summed E-state index contributed by atoms with van der Waals surface area (Å²) < 4.78 is 11.5. The smallest absolute Gasteiger partial charge is 0.166 e. The van der Waals surface area contributed by atoms with Crippen molar-refractivity contribution < 1.29 is 19.7 Å². The third kappa shape index (κ3) is 6.51. The van der Waals surface area contributed by atoms with E-state index in [1.807, 2.05) is 12.1 Å². The quantitative estimate of drug-likeness (QED) is 0.657. The fraction of sp³-hybridized carbons (Fsp3) is 0.417. The lowest BCUT2D eigenvalue weighted by Crippen LogP contribution is -2.00. The topological polar surface area (TPSA) is 83.6 Å². The van der Waals surface area contributed by atoms with E-state index in [9.17, 15) is 10.2 Å². The summed E-state index contributed by atoms with van der Waals surface area (Å²) in [6, 6.07) is 10.9. The molecule has 6 nitrogen and oxygen atoms in total. The monoisotopic (exact) mass is 410 g/mol. The van der Waals surface area contributed by atoms with Crippen molar-refractivity contribution in [3.63, 3.8) is 0 Å². The second kappa shape index (κ2) is 11.9. The number of nitrogens with zero attached hydrogens (tertiary/aromatic N) is 2. The minimum Gasteiger partial charge on any atom is -0.504 e. The summed E-state index contributed by atoms with van der Waals surface area (Å²) in [6.07, 6.45) is 9.62. The lowest BCUT2D eigenvalue weighted by molar-refractivity contribution is 0.282. The fourth-order valence-electron chi connectivity index (χ4n) is 3.24. The van der Waals surface area contributed by atoms with E-state index in [0.29, 0.717) is 48.9 Å². The van der Waals surface area contributed by atoms with Crippen LogP contribution in [0, 0.1) is 0 Å². The molecule has 0 atom stereocenters. The molecule has 0 unspecified atom stereocenters. The molecular formula is C24H30N2O4. The summed E-state index contributed by atoms with van der Waals surface area (Å²) >= 11 is 0. The van der Waals surface area contributed by atoms with Gasteiger partial charge in [0.15, 0.2) is 23.0 Å². The zero-order valence-electron chi connectivity index (χ0n) is 17.3. The zero-order valence-corrected chi connectivity index (χ0v) is 17.3. The first-order valence-corrected chi connectivity index (χ1v) is 10.6. The highest BCUT2D eigenvalue weighted by molar-refractivity contribution is 5.85. The number of fused-ring (bicyclic) bond motifs is 4. The molecule has 0 saturated carbocycles. The molecule has 4 bridgehead atoms. The molecule has 2 aromatic carbocycles. The summed E-state index contributed by atoms with van der Waals surface area (Å²) in [5.74, 6) is 1.22. The van der Waals surface area contributed by atoms with Gasteiger partial charge in [0.05, 0.1) is 26.3 Å². The average Bonchev–Trinajstić information content (AvgIpc) is 2.75. The molecule has 1 aliphatic heterocycles.